The van der Waals surface area contributed by atoms with Gasteiger partial charge in [-0.1, -0.05) is 98.5 Å². The second-order valence-electron chi connectivity index (χ2n) is 14.8. The average Bonchev–Trinajstić information content (AvgIpc) is 3.68. The summed E-state index contributed by atoms with van der Waals surface area (Å²) in [4.78, 5) is 85.9. The van der Waals surface area contributed by atoms with E-state index in [4.69, 9.17) is 15.2 Å². The number of nitrogens with two attached hydrogens (primary N) is 1. The molecule has 7 atom stereocenters. The van der Waals surface area contributed by atoms with Gasteiger partial charge in [0.25, 0.3) is 0 Å². The third kappa shape index (κ3) is 6.87. The number of carbonyl (C=O) groups excluding carboxylic acids is 5. The number of rotatable bonds is 8. The van der Waals surface area contributed by atoms with Crippen LogP contribution in [-0.4, -0.2) is 76.7 Å². The fourth-order valence-corrected chi connectivity index (χ4v) is 8.72. The topological polar surface area (TPSA) is 218 Å². The Morgan fingerprint density at radius 3 is 2.14 bits per heavy atom. The Balaban J connectivity index is 1.54. The van der Waals surface area contributed by atoms with Crippen LogP contribution in [0.1, 0.15) is 59.9 Å². The SMILES string of the molecule is COC(=O)C(NC(=O)N1C(=O)C2(c3cc(C#CCNC(N)=O)ccc31)C(C(=O)O)C1C(=O)OC(c3ccccc3)C(c3ccccc3)N1C2c1ccc(O)cc1)C(C)C. The van der Waals surface area contributed by atoms with Gasteiger partial charge in [0.15, 0.2) is 0 Å². The molecule has 0 aliphatic carbocycles. The Hall–Kier alpha value is -7.18. The van der Waals surface area contributed by atoms with E-state index in [1.54, 1.807) is 73.3 Å². The number of methoxy groups -OCH3 is 1. The number of urea groups is 2. The number of carboxylic acids is 1. The van der Waals surface area contributed by atoms with Gasteiger partial charge in [-0.15, -0.1) is 0 Å². The second-order valence-corrected chi connectivity index (χ2v) is 14.8. The number of ether oxygens (including phenoxy) is 2. The summed E-state index contributed by atoms with van der Waals surface area (Å²) in [7, 11) is 1.16. The first-order valence-corrected chi connectivity index (χ1v) is 18.8. The van der Waals surface area contributed by atoms with Crippen molar-refractivity contribution in [3.8, 4) is 17.6 Å². The van der Waals surface area contributed by atoms with E-state index >= 15 is 4.79 Å². The molecule has 7 rings (SSSR count). The molecule has 4 aromatic carbocycles. The Kier molecular flexibility index (Phi) is 10.8. The predicted octanol–water partition coefficient (Wildman–Crippen LogP) is 4.07. The molecule has 59 heavy (non-hydrogen) atoms. The van der Waals surface area contributed by atoms with Gasteiger partial charge < -0.3 is 36.1 Å². The number of carbonyl (C=O) groups is 6. The second kappa shape index (κ2) is 16.0. The van der Waals surface area contributed by atoms with Crippen LogP contribution in [-0.2, 0) is 34.1 Å². The summed E-state index contributed by atoms with van der Waals surface area (Å²) in [6, 6.07) is 21.5. The molecule has 0 aromatic heterocycles. The Bertz CT molecular complexity index is 2380. The van der Waals surface area contributed by atoms with E-state index in [-0.39, 0.29) is 29.1 Å². The van der Waals surface area contributed by atoms with Crippen molar-refractivity contribution >= 4 is 41.6 Å². The van der Waals surface area contributed by atoms with Gasteiger partial charge >= 0.3 is 30.0 Å². The lowest BCUT2D eigenvalue weighted by atomic mass is 9.65. The van der Waals surface area contributed by atoms with Crippen LogP contribution in [0.5, 0.6) is 5.75 Å². The third-order valence-electron chi connectivity index (χ3n) is 11.1. The molecule has 4 aromatic rings. The average molecular weight is 800 g/mol. The minimum absolute atomic E-state index is 0.0141. The van der Waals surface area contributed by atoms with E-state index in [2.05, 4.69) is 22.5 Å². The lowest BCUT2D eigenvalue weighted by Crippen LogP contribution is -2.56. The van der Waals surface area contributed by atoms with Crippen LogP contribution in [0.4, 0.5) is 15.3 Å². The molecule has 2 saturated heterocycles. The van der Waals surface area contributed by atoms with E-state index in [1.807, 2.05) is 18.2 Å². The van der Waals surface area contributed by atoms with Gasteiger partial charge in [0.1, 0.15) is 35.3 Å². The molecule has 3 aliphatic rings. The van der Waals surface area contributed by atoms with Crippen molar-refractivity contribution in [2.75, 3.05) is 18.6 Å². The first-order valence-electron chi connectivity index (χ1n) is 18.8. The number of benzene rings is 4. The number of aromatic hydroxyl groups is 1. The van der Waals surface area contributed by atoms with E-state index in [9.17, 15) is 34.2 Å². The first-order chi connectivity index (χ1) is 28.3. The number of imide groups is 1. The van der Waals surface area contributed by atoms with Gasteiger partial charge in [-0.25, -0.2) is 19.3 Å². The number of cyclic esters (lactones) is 1. The summed E-state index contributed by atoms with van der Waals surface area (Å²) in [5.41, 5.74) is 4.87. The van der Waals surface area contributed by atoms with Crippen LogP contribution in [0, 0.1) is 23.7 Å². The van der Waals surface area contributed by atoms with Crippen molar-refractivity contribution in [3.63, 3.8) is 0 Å². The van der Waals surface area contributed by atoms with E-state index in [1.165, 1.54) is 30.3 Å². The minimum atomic E-state index is -2.26. The van der Waals surface area contributed by atoms with Crippen LogP contribution in [0.25, 0.3) is 0 Å². The number of primary amides is 1. The Morgan fingerprint density at radius 1 is 0.898 bits per heavy atom. The van der Waals surface area contributed by atoms with Gasteiger partial charge in [-0.2, -0.15) is 0 Å². The number of phenols is 1. The number of esters is 2. The molecule has 302 valence electrons. The molecule has 0 saturated carbocycles. The van der Waals surface area contributed by atoms with Gasteiger partial charge in [0.2, 0.25) is 5.91 Å². The zero-order valence-electron chi connectivity index (χ0n) is 32.2. The van der Waals surface area contributed by atoms with E-state index in [0.29, 0.717) is 16.7 Å². The maximum atomic E-state index is 15.8. The van der Waals surface area contributed by atoms with Crippen molar-refractivity contribution in [1.29, 1.82) is 0 Å². The van der Waals surface area contributed by atoms with Crippen molar-refractivity contribution in [1.82, 2.24) is 15.5 Å². The van der Waals surface area contributed by atoms with Crippen LogP contribution in [0.2, 0.25) is 0 Å². The highest BCUT2D eigenvalue weighted by atomic mass is 16.6. The standard InChI is InChI=1S/C44H41N5O10/c1-24(2)33(39(53)58-3)47-43(57)48-31-21-16-25(11-10-22-46-42(45)56)23-30(31)44(41(48)55)32(38(51)52)35-40(54)59-36(27-14-8-5-9-15-27)34(26-12-6-4-7-13-26)49(35)37(44)28-17-19-29(50)20-18-28/h4-9,12-21,23-24,32-37,50H,22H2,1-3H3,(H,47,57)(H,51,52)(H3,45,46,56). The molecule has 0 radical (unpaired) electrons. The molecule has 15 heteroatoms. The normalized spacial score (nSPS) is 23.7. The molecule has 6 N–H and O–H groups in total. The molecule has 3 heterocycles. The summed E-state index contributed by atoms with van der Waals surface area (Å²) in [6.45, 7) is 3.22. The largest absolute Gasteiger partial charge is 0.508 e. The number of anilines is 1. The third-order valence-corrected chi connectivity index (χ3v) is 11.1. The molecular formula is C44H41N5O10. The number of fused-ring (bicyclic) bond motifs is 3. The smallest absolute Gasteiger partial charge is 0.329 e. The number of aliphatic carboxylic acids is 1. The number of morpholine rings is 1. The zero-order chi connectivity index (χ0) is 42.2. The van der Waals surface area contributed by atoms with Gasteiger partial charge in [-0.05, 0) is 58.5 Å². The highest BCUT2D eigenvalue weighted by molar-refractivity contribution is 6.24. The van der Waals surface area contributed by atoms with Gasteiger partial charge in [0, 0.05) is 5.56 Å². The maximum Gasteiger partial charge on any atom is 0.329 e. The lowest BCUT2D eigenvalue weighted by Gasteiger charge is -2.46. The predicted molar refractivity (Wildman–Crippen MR) is 211 cm³/mol. The lowest BCUT2D eigenvalue weighted by molar-refractivity contribution is -0.179. The number of nitrogens with zero attached hydrogens (tertiary/aromatic N) is 2. The fourth-order valence-electron chi connectivity index (χ4n) is 8.72. The minimum Gasteiger partial charge on any atom is -0.508 e. The van der Waals surface area contributed by atoms with Gasteiger partial charge in [-0.3, -0.25) is 19.3 Å². The van der Waals surface area contributed by atoms with Crippen LogP contribution < -0.4 is 21.3 Å². The van der Waals surface area contributed by atoms with E-state index < -0.39 is 83.4 Å². The summed E-state index contributed by atoms with van der Waals surface area (Å²) in [5.74, 6) is -0.999. The van der Waals surface area contributed by atoms with Crippen LogP contribution in [0.15, 0.2) is 103 Å². The molecule has 0 bridgehead atoms. The Morgan fingerprint density at radius 2 is 1.54 bits per heavy atom. The molecular weight excluding hydrogens is 759 g/mol. The molecule has 3 aliphatic heterocycles. The zero-order valence-corrected chi connectivity index (χ0v) is 32.2. The molecule has 2 fully saturated rings. The van der Waals surface area contributed by atoms with Crippen molar-refractivity contribution in [3.05, 3.63) is 131 Å². The summed E-state index contributed by atoms with van der Waals surface area (Å²) < 4.78 is 11.2. The number of phenolic OH excluding ortho intramolecular Hbond substituents is 1. The number of carboxylic acid groups (broad SMARTS) is 1. The highest BCUT2D eigenvalue weighted by Crippen LogP contribution is 2.65. The van der Waals surface area contributed by atoms with Crippen LogP contribution >= 0.6 is 0 Å². The van der Waals surface area contributed by atoms with Crippen molar-refractivity contribution in [2.24, 2.45) is 17.6 Å². The molecule has 5 amide bonds. The highest BCUT2D eigenvalue weighted by Gasteiger charge is 2.76. The monoisotopic (exact) mass is 799 g/mol. The van der Waals surface area contributed by atoms with Crippen molar-refractivity contribution in [2.45, 2.75) is 49.5 Å². The Labute approximate surface area is 339 Å². The number of amides is 5. The summed E-state index contributed by atoms with van der Waals surface area (Å²) in [5, 5.41) is 26.9. The fraction of sp³-hybridized carbons (Fsp3) is 0.273. The number of hydrogen-bond acceptors (Lipinski definition) is 10. The van der Waals surface area contributed by atoms with E-state index in [0.717, 1.165) is 12.0 Å². The molecule has 1 spiro atoms. The first kappa shape index (κ1) is 40.0. The van der Waals surface area contributed by atoms with Crippen molar-refractivity contribution < 1.29 is 48.5 Å². The number of hydrogen-bond donors (Lipinski definition) is 5. The summed E-state index contributed by atoms with van der Waals surface area (Å²) in [6.07, 6.45) is -0.997. The quantitative estimate of drug-likeness (QED) is 0.126. The molecule has 15 nitrogen and oxygen atoms in total. The maximum absolute atomic E-state index is 15.8. The van der Waals surface area contributed by atoms with Gasteiger partial charge in [0.05, 0.1) is 31.4 Å². The van der Waals surface area contributed by atoms with Crippen LogP contribution in [0.3, 0.4) is 0 Å². The number of nitrogens with one attached hydrogen (secondary N) is 2. The molecule has 7 unspecified atom stereocenters. The summed E-state index contributed by atoms with van der Waals surface area (Å²) >= 11 is 0.